The van der Waals surface area contributed by atoms with Crippen molar-refractivity contribution >= 4 is 11.9 Å². The molecule has 0 bridgehead atoms. The molecule has 0 aromatic heterocycles. The molecule has 184 valence electrons. The summed E-state index contributed by atoms with van der Waals surface area (Å²) in [5, 5.41) is 2.10. The molecule has 2 heterocycles. The van der Waals surface area contributed by atoms with Crippen LogP contribution in [-0.2, 0) is 39.8 Å². The van der Waals surface area contributed by atoms with E-state index < -0.39 is 41.0 Å². The molecule has 2 fully saturated rings. The van der Waals surface area contributed by atoms with E-state index >= 15 is 0 Å². The van der Waals surface area contributed by atoms with Crippen LogP contribution in [0.2, 0.25) is 0 Å². The van der Waals surface area contributed by atoms with Crippen molar-refractivity contribution in [2.45, 2.75) is 88.9 Å². The zero-order chi connectivity index (χ0) is 24.3. The van der Waals surface area contributed by atoms with Crippen molar-refractivity contribution in [1.82, 2.24) is 5.06 Å². The summed E-state index contributed by atoms with van der Waals surface area (Å²) >= 11 is 0. The number of carbonyl (C=O) groups is 2. The van der Waals surface area contributed by atoms with E-state index in [9.17, 15) is 9.59 Å². The standard InChI is InChI=1S/C25H37NO7/c1-7-24(8-2)17-25(32-19(21(27)29-5)20(33-25)22(28)30-6)16-23(3,4)26(24)31-15-14-18-12-10-9-11-13-18/h9-13,19-20H,7-8,14-17H2,1-6H3. The smallest absolute Gasteiger partial charge is 0.338 e. The number of esters is 2. The summed E-state index contributed by atoms with van der Waals surface area (Å²) in [6.07, 6.45) is 0.864. The van der Waals surface area contributed by atoms with E-state index in [2.05, 4.69) is 44.9 Å². The maximum absolute atomic E-state index is 12.4. The number of carbonyl (C=O) groups excluding carboxylic acids is 2. The predicted molar refractivity (Wildman–Crippen MR) is 121 cm³/mol. The molecule has 8 nitrogen and oxygen atoms in total. The van der Waals surface area contributed by atoms with Gasteiger partial charge in [-0.3, -0.25) is 4.84 Å². The molecule has 1 aromatic carbocycles. The van der Waals surface area contributed by atoms with E-state index in [4.69, 9.17) is 23.8 Å². The van der Waals surface area contributed by atoms with E-state index in [0.29, 0.717) is 19.4 Å². The van der Waals surface area contributed by atoms with Crippen LogP contribution < -0.4 is 0 Å². The van der Waals surface area contributed by atoms with Crippen LogP contribution in [0.3, 0.4) is 0 Å². The second kappa shape index (κ2) is 10.1. The summed E-state index contributed by atoms with van der Waals surface area (Å²) < 4.78 is 22.2. The molecule has 2 unspecified atom stereocenters. The lowest BCUT2D eigenvalue weighted by Crippen LogP contribution is -2.67. The average molecular weight is 464 g/mol. The number of hydrogen-bond acceptors (Lipinski definition) is 8. The minimum atomic E-state index is -1.17. The van der Waals surface area contributed by atoms with Crippen LogP contribution in [0.5, 0.6) is 0 Å². The third-order valence-corrected chi connectivity index (χ3v) is 6.88. The van der Waals surface area contributed by atoms with E-state index in [-0.39, 0.29) is 0 Å². The van der Waals surface area contributed by atoms with E-state index in [1.54, 1.807) is 0 Å². The Morgan fingerprint density at radius 1 is 0.970 bits per heavy atom. The molecule has 8 heteroatoms. The zero-order valence-electron chi connectivity index (χ0n) is 20.6. The lowest BCUT2D eigenvalue weighted by molar-refractivity contribution is -0.346. The Morgan fingerprint density at radius 3 is 2.00 bits per heavy atom. The highest BCUT2D eigenvalue weighted by atomic mass is 16.8. The maximum Gasteiger partial charge on any atom is 0.338 e. The van der Waals surface area contributed by atoms with Crippen LogP contribution in [0.25, 0.3) is 0 Å². The molecular weight excluding hydrogens is 426 g/mol. The highest BCUT2D eigenvalue weighted by Crippen LogP contribution is 2.52. The fourth-order valence-electron chi connectivity index (χ4n) is 5.36. The number of hydrogen-bond donors (Lipinski definition) is 0. The van der Waals surface area contributed by atoms with Gasteiger partial charge in [0.1, 0.15) is 0 Å². The van der Waals surface area contributed by atoms with Crippen molar-refractivity contribution in [2.24, 2.45) is 0 Å². The SMILES string of the molecule is CCC1(CC)CC2(CC(C)(C)N1OCCc1ccccc1)OC(C(=O)OC)C(C(=O)OC)O2. The molecule has 0 N–H and O–H groups in total. The van der Waals surface area contributed by atoms with Gasteiger partial charge in [-0.15, -0.1) is 0 Å². The van der Waals surface area contributed by atoms with Crippen molar-refractivity contribution in [3.63, 3.8) is 0 Å². The first-order valence-corrected chi connectivity index (χ1v) is 11.6. The molecule has 1 spiro atoms. The second-order valence-electron chi connectivity index (χ2n) is 9.49. The highest BCUT2D eigenvalue weighted by molar-refractivity contribution is 5.86. The summed E-state index contributed by atoms with van der Waals surface area (Å²) in [5.74, 6) is -2.44. The van der Waals surface area contributed by atoms with Gasteiger partial charge < -0.3 is 18.9 Å². The monoisotopic (exact) mass is 463 g/mol. The van der Waals surface area contributed by atoms with Gasteiger partial charge >= 0.3 is 11.9 Å². The van der Waals surface area contributed by atoms with Crippen LogP contribution in [0.15, 0.2) is 30.3 Å². The molecular formula is C25H37NO7. The molecule has 0 aliphatic carbocycles. The predicted octanol–water partition coefficient (Wildman–Crippen LogP) is 3.42. The van der Waals surface area contributed by atoms with Gasteiger partial charge in [0, 0.05) is 18.4 Å². The molecule has 2 atom stereocenters. The quantitative estimate of drug-likeness (QED) is 0.543. The van der Waals surface area contributed by atoms with Crippen LogP contribution in [0.1, 0.15) is 58.9 Å². The minimum absolute atomic E-state index is 0.411. The van der Waals surface area contributed by atoms with E-state index in [1.165, 1.54) is 19.8 Å². The molecule has 0 radical (unpaired) electrons. The first-order valence-electron chi connectivity index (χ1n) is 11.6. The number of benzene rings is 1. The fourth-order valence-corrected chi connectivity index (χ4v) is 5.36. The van der Waals surface area contributed by atoms with Crippen LogP contribution in [-0.4, -0.2) is 66.9 Å². The van der Waals surface area contributed by atoms with Gasteiger partial charge in [0.2, 0.25) is 0 Å². The van der Waals surface area contributed by atoms with Gasteiger partial charge in [0.05, 0.1) is 26.4 Å². The molecule has 0 saturated carbocycles. The fraction of sp³-hybridized carbons (Fsp3) is 0.680. The van der Waals surface area contributed by atoms with Crippen molar-refractivity contribution in [2.75, 3.05) is 20.8 Å². The zero-order valence-corrected chi connectivity index (χ0v) is 20.6. The lowest BCUT2D eigenvalue weighted by Gasteiger charge is -2.58. The topological polar surface area (TPSA) is 83.5 Å². The summed E-state index contributed by atoms with van der Waals surface area (Å²) in [4.78, 5) is 31.2. The first kappa shape index (κ1) is 25.6. The van der Waals surface area contributed by atoms with Gasteiger partial charge in [-0.1, -0.05) is 44.2 Å². The normalized spacial score (nSPS) is 28.5. The van der Waals surface area contributed by atoms with Gasteiger partial charge in [-0.25, -0.2) is 9.59 Å². The molecule has 33 heavy (non-hydrogen) atoms. The van der Waals surface area contributed by atoms with Gasteiger partial charge in [-0.05, 0) is 38.7 Å². The summed E-state index contributed by atoms with van der Waals surface area (Å²) in [7, 11) is 2.53. The highest BCUT2D eigenvalue weighted by Gasteiger charge is 2.64. The van der Waals surface area contributed by atoms with Gasteiger partial charge in [-0.2, -0.15) is 5.06 Å². The Morgan fingerprint density at radius 2 is 1.52 bits per heavy atom. The number of nitrogens with zero attached hydrogens (tertiary/aromatic N) is 1. The molecule has 2 aliphatic rings. The van der Waals surface area contributed by atoms with Crippen LogP contribution in [0, 0.1) is 0 Å². The number of ether oxygens (including phenoxy) is 4. The number of rotatable bonds is 8. The van der Waals surface area contributed by atoms with Crippen molar-refractivity contribution in [3.05, 3.63) is 35.9 Å². The second-order valence-corrected chi connectivity index (χ2v) is 9.49. The van der Waals surface area contributed by atoms with Crippen molar-refractivity contribution in [3.8, 4) is 0 Å². The van der Waals surface area contributed by atoms with E-state index in [0.717, 1.165) is 19.3 Å². The molecule has 1 aromatic rings. The molecule has 3 rings (SSSR count). The van der Waals surface area contributed by atoms with E-state index in [1.807, 2.05) is 18.2 Å². The van der Waals surface area contributed by atoms with Crippen molar-refractivity contribution in [1.29, 1.82) is 0 Å². The lowest BCUT2D eigenvalue weighted by atomic mass is 9.73. The Hall–Kier alpha value is -2.00. The Kier molecular flexibility index (Phi) is 7.84. The van der Waals surface area contributed by atoms with Crippen LogP contribution in [0.4, 0.5) is 0 Å². The van der Waals surface area contributed by atoms with Crippen LogP contribution >= 0.6 is 0 Å². The number of methoxy groups -OCH3 is 2. The van der Waals surface area contributed by atoms with Gasteiger partial charge in [0.15, 0.2) is 18.0 Å². The Bertz CT molecular complexity index is 797. The first-order chi connectivity index (χ1) is 15.7. The Labute approximate surface area is 196 Å². The third-order valence-electron chi connectivity index (χ3n) is 6.88. The largest absolute Gasteiger partial charge is 0.467 e. The Balaban J connectivity index is 1.85. The number of hydroxylamine groups is 2. The van der Waals surface area contributed by atoms with Gasteiger partial charge in [0.25, 0.3) is 0 Å². The maximum atomic E-state index is 12.4. The molecule has 0 amide bonds. The number of piperidine rings is 1. The third kappa shape index (κ3) is 5.09. The molecule has 2 saturated heterocycles. The summed E-state index contributed by atoms with van der Waals surface area (Å²) in [6.45, 7) is 8.90. The summed E-state index contributed by atoms with van der Waals surface area (Å²) in [6, 6.07) is 10.2. The average Bonchev–Trinajstić information content (AvgIpc) is 3.17. The van der Waals surface area contributed by atoms with Crippen molar-refractivity contribution < 1.29 is 33.4 Å². The summed E-state index contributed by atoms with van der Waals surface area (Å²) in [5.41, 5.74) is 0.309. The molecule has 2 aliphatic heterocycles. The minimum Gasteiger partial charge on any atom is -0.467 e.